The summed E-state index contributed by atoms with van der Waals surface area (Å²) in [5.74, 6) is 0.0491. The van der Waals surface area contributed by atoms with E-state index in [1.165, 1.54) is 18.4 Å². The Morgan fingerprint density at radius 2 is 1.61 bits per heavy atom. The first-order valence-corrected chi connectivity index (χ1v) is 9.57. The first kappa shape index (κ1) is 19.7. The number of hydrogen-bond acceptors (Lipinski definition) is 4. The number of anilines is 2. The lowest BCUT2D eigenvalue weighted by Crippen LogP contribution is -2.50. The van der Waals surface area contributed by atoms with E-state index < -0.39 is 5.97 Å². The zero-order valence-electron chi connectivity index (χ0n) is 16.6. The van der Waals surface area contributed by atoms with Crippen LogP contribution in [0.5, 0.6) is 0 Å². The fraction of sp³-hybridized carbons (Fsp3) is 0.364. The van der Waals surface area contributed by atoms with Gasteiger partial charge in [0.25, 0.3) is 0 Å². The molecule has 0 spiro atoms. The van der Waals surface area contributed by atoms with Crippen LogP contribution >= 0.6 is 0 Å². The molecule has 0 unspecified atom stereocenters. The third-order valence-electron chi connectivity index (χ3n) is 5.07. The number of hydrogen-bond donors (Lipinski definition) is 1. The van der Waals surface area contributed by atoms with Gasteiger partial charge in [0, 0.05) is 31.9 Å². The third-order valence-corrected chi connectivity index (χ3v) is 5.07. The van der Waals surface area contributed by atoms with Gasteiger partial charge in [-0.05, 0) is 35.7 Å². The largest absolute Gasteiger partial charge is 0.465 e. The molecule has 0 radical (unpaired) electrons. The first-order valence-electron chi connectivity index (χ1n) is 9.57. The van der Waals surface area contributed by atoms with Gasteiger partial charge in [0.2, 0.25) is 0 Å². The van der Waals surface area contributed by atoms with Crippen LogP contribution < -0.4 is 10.2 Å². The third kappa shape index (κ3) is 4.44. The Balaban J connectivity index is 1.59. The van der Waals surface area contributed by atoms with Crippen LogP contribution in [0.15, 0.2) is 48.5 Å². The number of urea groups is 1. The summed E-state index contributed by atoms with van der Waals surface area (Å²) in [6, 6.07) is 15.3. The number of methoxy groups -OCH3 is 1. The van der Waals surface area contributed by atoms with Crippen LogP contribution in [0.1, 0.15) is 35.7 Å². The lowest BCUT2D eigenvalue weighted by atomic mass is 10.0. The molecule has 0 aromatic heterocycles. The Hall–Kier alpha value is -3.02. The van der Waals surface area contributed by atoms with Crippen molar-refractivity contribution >= 4 is 23.4 Å². The SMILES string of the molecule is COC(=O)c1ccccc1NC(=O)N1CCN(c2ccc(C(C)C)cc2)CC1. The molecule has 1 fully saturated rings. The fourth-order valence-corrected chi connectivity index (χ4v) is 3.31. The van der Waals surface area contributed by atoms with Gasteiger partial charge in [0.15, 0.2) is 0 Å². The number of amides is 2. The molecular formula is C22H27N3O3. The van der Waals surface area contributed by atoms with Crippen LogP contribution in [-0.4, -0.2) is 50.2 Å². The Kier molecular flexibility index (Phi) is 6.19. The minimum absolute atomic E-state index is 0.203. The van der Waals surface area contributed by atoms with E-state index >= 15 is 0 Å². The summed E-state index contributed by atoms with van der Waals surface area (Å²) < 4.78 is 4.78. The molecule has 0 saturated carbocycles. The molecule has 1 aliphatic rings. The van der Waals surface area contributed by atoms with E-state index in [2.05, 4.69) is 48.3 Å². The van der Waals surface area contributed by atoms with E-state index in [4.69, 9.17) is 4.74 Å². The molecule has 0 atom stereocenters. The molecule has 6 heteroatoms. The van der Waals surface area contributed by atoms with Gasteiger partial charge in [-0.25, -0.2) is 9.59 Å². The summed E-state index contributed by atoms with van der Waals surface area (Å²) in [6.07, 6.45) is 0. The zero-order chi connectivity index (χ0) is 20.1. The summed E-state index contributed by atoms with van der Waals surface area (Å²) >= 11 is 0. The van der Waals surface area contributed by atoms with Crippen LogP contribution in [0.2, 0.25) is 0 Å². The maximum Gasteiger partial charge on any atom is 0.339 e. The second-order valence-electron chi connectivity index (χ2n) is 7.19. The predicted molar refractivity (Wildman–Crippen MR) is 111 cm³/mol. The van der Waals surface area contributed by atoms with Gasteiger partial charge in [-0.1, -0.05) is 38.1 Å². The molecule has 0 bridgehead atoms. The van der Waals surface area contributed by atoms with Crippen LogP contribution in [0.3, 0.4) is 0 Å². The van der Waals surface area contributed by atoms with Crippen LogP contribution in [0, 0.1) is 0 Å². The first-order chi connectivity index (χ1) is 13.5. The van der Waals surface area contributed by atoms with E-state index in [0.717, 1.165) is 13.1 Å². The topological polar surface area (TPSA) is 61.9 Å². The molecule has 1 N–H and O–H groups in total. The Labute approximate surface area is 166 Å². The molecule has 28 heavy (non-hydrogen) atoms. The smallest absolute Gasteiger partial charge is 0.339 e. The van der Waals surface area contributed by atoms with E-state index in [1.807, 2.05) is 0 Å². The number of piperazine rings is 1. The lowest BCUT2D eigenvalue weighted by Gasteiger charge is -2.36. The Morgan fingerprint density at radius 3 is 2.21 bits per heavy atom. The zero-order valence-corrected chi connectivity index (χ0v) is 16.6. The van der Waals surface area contributed by atoms with Crippen molar-refractivity contribution in [2.24, 2.45) is 0 Å². The summed E-state index contributed by atoms with van der Waals surface area (Å²) in [4.78, 5) is 28.6. The molecule has 1 heterocycles. The van der Waals surface area contributed by atoms with Crippen molar-refractivity contribution in [1.29, 1.82) is 0 Å². The summed E-state index contributed by atoms with van der Waals surface area (Å²) in [7, 11) is 1.33. The number of esters is 1. The molecule has 0 aliphatic carbocycles. The highest BCUT2D eigenvalue weighted by Gasteiger charge is 2.22. The fourth-order valence-electron chi connectivity index (χ4n) is 3.31. The van der Waals surface area contributed by atoms with Gasteiger partial charge in [-0.15, -0.1) is 0 Å². The van der Waals surface area contributed by atoms with Crippen molar-refractivity contribution in [3.8, 4) is 0 Å². The number of benzene rings is 2. The number of para-hydroxylation sites is 1. The number of carbonyl (C=O) groups is 2. The Bertz CT molecular complexity index is 825. The van der Waals surface area contributed by atoms with E-state index in [0.29, 0.717) is 30.3 Å². The second kappa shape index (κ2) is 8.78. The highest BCUT2D eigenvalue weighted by Crippen LogP contribution is 2.22. The normalized spacial score (nSPS) is 14.1. The van der Waals surface area contributed by atoms with Gasteiger partial charge in [-0.3, -0.25) is 0 Å². The van der Waals surface area contributed by atoms with Gasteiger partial charge < -0.3 is 19.9 Å². The average molecular weight is 381 g/mol. The molecule has 3 rings (SSSR count). The molecule has 2 aromatic rings. The minimum Gasteiger partial charge on any atom is -0.465 e. The van der Waals surface area contributed by atoms with Crippen molar-refractivity contribution in [3.63, 3.8) is 0 Å². The van der Waals surface area contributed by atoms with Gasteiger partial charge >= 0.3 is 12.0 Å². The molecule has 1 aliphatic heterocycles. The number of nitrogens with zero attached hydrogens (tertiary/aromatic N) is 2. The standard InChI is InChI=1S/C22H27N3O3/c1-16(2)17-8-10-18(11-9-17)24-12-14-25(15-13-24)22(27)23-20-7-5-4-6-19(20)21(26)28-3/h4-11,16H,12-15H2,1-3H3,(H,23,27). The maximum absolute atomic E-state index is 12.6. The highest BCUT2D eigenvalue weighted by atomic mass is 16.5. The second-order valence-corrected chi connectivity index (χ2v) is 7.19. The van der Waals surface area contributed by atoms with Crippen molar-refractivity contribution in [2.75, 3.05) is 43.5 Å². The van der Waals surface area contributed by atoms with Crippen molar-refractivity contribution in [2.45, 2.75) is 19.8 Å². The van der Waals surface area contributed by atoms with Gasteiger partial charge in [0.05, 0.1) is 18.4 Å². The monoisotopic (exact) mass is 381 g/mol. The van der Waals surface area contributed by atoms with Crippen molar-refractivity contribution in [1.82, 2.24) is 4.90 Å². The van der Waals surface area contributed by atoms with E-state index in [9.17, 15) is 9.59 Å². The van der Waals surface area contributed by atoms with Crippen molar-refractivity contribution in [3.05, 3.63) is 59.7 Å². The minimum atomic E-state index is -0.467. The van der Waals surface area contributed by atoms with Crippen molar-refractivity contribution < 1.29 is 14.3 Å². The number of rotatable bonds is 4. The lowest BCUT2D eigenvalue weighted by molar-refractivity contribution is 0.0602. The maximum atomic E-state index is 12.6. The summed E-state index contributed by atoms with van der Waals surface area (Å²) in [6.45, 7) is 7.16. The molecule has 148 valence electrons. The number of nitrogens with one attached hydrogen (secondary N) is 1. The van der Waals surface area contributed by atoms with E-state index in [1.54, 1.807) is 29.2 Å². The number of ether oxygens (including phenoxy) is 1. The average Bonchev–Trinajstić information content (AvgIpc) is 2.73. The highest BCUT2D eigenvalue weighted by molar-refractivity contribution is 6.00. The van der Waals surface area contributed by atoms with Gasteiger partial charge in [0.1, 0.15) is 0 Å². The Morgan fingerprint density at radius 1 is 0.964 bits per heavy atom. The van der Waals surface area contributed by atoms with Crippen LogP contribution in [0.25, 0.3) is 0 Å². The molecular weight excluding hydrogens is 354 g/mol. The summed E-state index contributed by atoms with van der Waals surface area (Å²) in [5, 5.41) is 2.84. The molecule has 2 aromatic carbocycles. The predicted octanol–water partition coefficient (Wildman–Crippen LogP) is 3.95. The summed E-state index contributed by atoms with van der Waals surface area (Å²) in [5.41, 5.74) is 3.32. The van der Waals surface area contributed by atoms with Crippen LogP contribution in [-0.2, 0) is 4.74 Å². The molecule has 2 amide bonds. The number of carbonyl (C=O) groups excluding carboxylic acids is 2. The van der Waals surface area contributed by atoms with Gasteiger partial charge in [-0.2, -0.15) is 0 Å². The quantitative estimate of drug-likeness (QED) is 0.815. The molecule has 6 nitrogen and oxygen atoms in total. The molecule has 1 saturated heterocycles. The van der Waals surface area contributed by atoms with E-state index in [-0.39, 0.29) is 6.03 Å². The van der Waals surface area contributed by atoms with Crippen LogP contribution in [0.4, 0.5) is 16.2 Å².